The van der Waals surface area contributed by atoms with Crippen molar-refractivity contribution in [2.24, 2.45) is 0 Å². The van der Waals surface area contributed by atoms with Crippen LogP contribution in [0, 0.1) is 6.92 Å². The zero-order chi connectivity index (χ0) is 12.7. The Hall–Kier alpha value is -2.18. The van der Waals surface area contributed by atoms with Crippen LogP contribution in [0.15, 0.2) is 4.79 Å². The van der Waals surface area contributed by atoms with Gasteiger partial charge in [-0.1, -0.05) is 13.8 Å². The molecular formula is C10H12N4O3. The van der Waals surface area contributed by atoms with E-state index in [2.05, 4.69) is 15.1 Å². The van der Waals surface area contributed by atoms with Gasteiger partial charge in [0.05, 0.1) is 5.69 Å². The van der Waals surface area contributed by atoms with Crippen LogP contribution in [0.5, 0.6) is 0 Å². The molecule has 0 amide bonds. The normalized spacial score (nSPS) is 11.3. The lowest BCUT2D eigenvalue weighted by atomic mass is 10.2. The van der Waals surface area contributed by atoms with Crippen molar-refractivity contribution in [2.75, 3.05) is 0 Å². The number of aromatic nitrogens is 4. The number of nitrogens with zero attached hydrogens (tertiary/aromatic N) is 3. The molecule has 2 heterocycles. The molecule has 2 aromatic heterocycles. The maximum absolute atomic E-state index is 11.9. The molecule has 2 aromatic rings. The molecule has 0 aliphatic carbocycles. The number of carboxylic acids is 1. The smallest absolute Gasteiger partial charge is 0.343 e. The van der Waals surface area contributed by atoms with Crippen molar-refractivity contribution >= 4 is 11.7 Å². The molecule has 7 nitrogen and oxygen atoms in total. The molecule has 90 valence electrons. The van der Waals surface area contributed by atoms with Crippen LogP contribution >= 0.6 is 0 Å². The molecule has 2 rings (SSSR count). The monoisotopic (exact) mass is 236 g/mol. The van der Waals surface area contributed by atoms with Crippen molar-refractivity contribution in [2.45, 2.75) is 26.7 Å². The topological polar surface area (TPSA) is 100 Å². The van der Waals surface area contributed by atoms with Crippen molar-refractivity contribution in [3.8, 4) is 0 Å². The highest BCUT2D eigenvalue weighted by Crippen LogP contribution is 2.09. The van der Waals surface area contributed by atoms with E-state index in [0.29, 0.717) is 5.82 Å². The maximum Gasteiger partial charge on any atom is 0.343 e. The number of hydrogen-bond donors (Lipinski definition) is 2. The summed E-state index contributed by atoms with van der Waals surface area (Å²) in [4.78, 5) is 31.0. The second kappa shape index (κ2) is 3.69. The Kier molecular flexibility index (Phi) is 2.45. The van der Waals surface area contributed by atoms with E-state index in [4.69, 9.17) is 5.11 Å². The summed E-state index contributed by atoms with van der Waals surface area (Å²) in [6, 6.07) is 0. The predicted molar refractivity (Wildman–Crippen MR) is 59.4 cm³/mol. The number of carboxylic acid groups (broad SMARTS) is 1. The average Bonchev–Trinajstić information content (AvgIpc) is 2.60. The van der Waals surface area contributed by atoms with Crippen molar-refractivity contribution in [3.63, 3.8) is 0 Å². The molecule has 0 bridgehead atoms. The fraction of sp³-hybridized carbons (Fsp3) is 0.400. The summed E-state index contributed by atoms with van der Waals surface area (Å²) < 4.78 is 1.06. The Bertz CT molecular complexity index is 653. The van der Waals surface area contributed by atoms with E-state index in [9.17, 15) is 9.59 Å². The number of fused-ring (bicyclic) bond motifs is 1. The number of aromatic amines is 1. The summed E-state index contributed by atoms with van der Waals surface area (Å²) in [7, 11) is 0. The minimum atomic E-state index is -1.28. The quantitative estimate of drug-likeness (QED) is 0.792. The largest absolute Gasteiger partial charge is 0.477 e. The van der Waals surface area contributed by atoms with Gasteiger partial charge in [0.25, 0.3) is 11.3 Å². The zero-order valence-electron chi connectivity index (χ0n) is 9.68. The van der Waals surface area contributed by atoms with Gasteiger partial charge in [-0.3, -0.25) is 9.89 Å². The molecule has 0 radical (unpaired) electrons. The number of aromatic carboxylic acids is 1. The number of aryl methyl sites for hydroxylation is 1. The Labute approximate surface area is 96.1 Å². The molecule has 0 unspecified atom stereocenters. The summed E-state index contributed by atoms with van der Waals surface area (Å²) in [5.74, 6) is -0.391. The van der Waals surface area contributed by atoms with Gasteiger partial charge >= 0.3 is 5.97 Å². The van der Waals surface area contributed by atoms with E-state index in [1.54, 1.807) is 0 Å². The van der Waals surface area contributed by atoms with Gasteiger partial charge in [-0.25, -0.2) is 9.78 Å². The third-order valence-electron chi connectivity index (χ3n) is 2.45. The summed E-state index contributed by atoms with van der Waals surface area (Å²) >= 11 is 0. The molecule has 0 saturated heterocycles. The second-order valence-corrected chi connectivity index (χ2v) is 4.08. The Morgan fingerprint density at radius 2 is 2.06 bits per heavy atom. The predicted octanol–water partition coefficient (Wildman–Crippen LogP) is 0.548. The SMILES string of the molecule is Cc1nc2nc(C(C)C)[nH]n2c(=O)c1C(=O)O. The number of carbonyl (C=O) groups is 1. The van der Waals surface area contributed by atoms with Crippen LogP contribution in [0.25, 0.3) is 5.78 Å². The number of rotatable bonds is 2. The average molecular weight is 236 g/mol. The third-order valence-corrected chi connectivity index (χ3v) is 2.45. The van der Waals surface area contributed by atoms with Gasteiger partial charge in [-0.2, -0.15) is 9.50 Å². The summed E-state index contributed by atoms with van der Waals surface area (Å²) in [5, 5.41) is 11.7. The highest BCUT2D eigenvalue weighted by molar-refractivity contribution is 5.88. The third kappa shape index (κ3) is 1.69. The molecule has 7 heteroatoms. The van der Waals surface area contributed by atoms with Crippen molar-refractivity contribution in [3.05, 3.63) is 27.4 Å². The van der Waals surface area contributed by atoms with E-state index in [1.807, 2.05) is 13.8 Å². The molecule has 2 N–H and O–H groups in total. The Morgan fingerprint density at radius 1 is 1.41 bits per heavy atom. The fourth-order valence-electron chi connectivity index (χ4n) is 1.54. The molecule has 0 saturated carbocycles. The van der Waals surface area contributed by atoms with E-state index in [0.717, 1.165) is 4.52 Å². The van der Waals surface area contributed by atoms with Crippen LogP contribution in [0.3, 0.4) is 0 Å². The molecule has 0 aliphatic heterocycles. The van der Waals surface area contributed by atoms with Gasteiger partial charge in [-0.15, -0.1) is 0 Å². The van der Waals surface area contributed by atoms with Crippen LogP contribution in [-0.4, -0.2) is 30.7 Å². The molecule has 0 aliphatic rings. The fourth-order valence-corrected chi connectivity index (χ4v) is 1.54. The minimum absolute atomic E-state index is 0.102. The summed E-state index contributed by atoms with van der Waals surface area (Å²) in [6.45, 7) is 5.30. The van der Waals surface area contributed by atoms with E-state index in [1.165, 1.54) is 6.92 Å². The Balaban J connectivity index is 2.83. The van der Waals surface area contributed by atoms with Crippen molar-refractivity contribution in [1.29, 1.82) is 0 Å². The van der Waals surface area contributed by atoms with Crippen molar-refractivity contribution in [1.82, 2.24) is 19.6 Å². The number of nitrogens with one attached hydrogen (secondary N) is 1. The highest BCUT2D eigenvalue weighted by atomic mass is 16.4. The number of H-pyrrole nitrogens is 1. The van der Waals surface area contributed by atoms with Crippen LogP contribution < -0.4 is 5.56 Å². The van der Waals surface area contributed by atoms with Gasteiger partial charge in [0.1, 0.15) is 11.4 Å². The first-order chi connectivity index (χ1) is 7.91. The first kappa shape index (κ1) is 11.3. The lowest BCUT2D eigenvalue weighted by Gasteiger charge is -1.98. The number of hydrogen-bond acceptors (Lipinski definition) is 4. The molecule has 0 atom stereocenters. The van der Waals surface area contributed by atoms with Crippen LogP contribution in [-0.2, 0) is 0 Å². The van der Waals surface area contributed by atoms with Gasteiger partial charge in [-0.05, 0) is 6.92 Å². The van der Waals surface area contributed by atoms with Crippen LogP contribution in [0.2, 0.25) is 0 Å². The van der Waals surface area contributed by atoms with Crippen LogP contribution in [0.4, 0.5) is 0 Å². The Morgan fingerprint density at radius 3 is 2.59 bits per heavy atom. The summed E-state index contributed by atoms with van der Waals surface area (Å²) in [6.07, 6.45) is 0. The van der Waals surface area contributed by atoms with E-state index in [-0.39, 0.29) is 23.0 Å². The lowest BCUT2D eigenvalue weighted by molar-refractivity contribution is 0.0693. The first-order valence-electron chi connectivity index (χ1n) is 5.14. The van der Waals surface area contributed by atoms with Gasteiger partial charge in [0.2, 0.25) is 0 Å². The lowest BCUT2D eigenvalue weighted by Crippen LogP contribution is -2.25. The van der Waals surface area contributed by atoms with Gasteiger partial charge < -0.3 is 5.11 Å². The zero-order valence-corrected chi connectivity index (χ0v) is 9.68. The standard InChI is InChI=1S/C10H12N4O3/c1-4(2)7-12-10-11-5(3)6(9(16)17)8(15)14(10)13-7/h4H,1-3H3,(H,16,17)(H,11,12,13). The highest BCUT2D eigenvalue weighted by Gasteiger charge is 2.18. The molecule has 0 spiro atoms. The minimum Gasteiger partial charge on any atom is -0.477 e. The molecule has 0 aromatic carbocycles. The van der Waals surface area contributed by atoms with Crippen molar-refractivity contribution < 1.29 is 9.90 Å². The van der Waals surface area contributed by atoms with Crippen LogP contribution in [0.1, 0.15) is 41.6 Å². The molecule has 0 fully saturated rings. The van der Waals surface area contributed by atoms with Gasteiger partial charge in [0, 0.05) is 5.92 Å². The first-order valence-corrected chi connectivity index (χ1v) is 5.14. The molecular weight excluding hydrogens is 224 g/mol. The second-order valence-electron chi connectivity index (χ2n) is 4.08. The summed E-state index contributed by atoms with van der Waals surface area (Å²) in [5.41, 5.74) is -0.801. The van der Waals surface area contributed by atoms with Gasteiger partial charge in [0.15, 0.2) is 0 Å². The van der Waals surface area contributed by atoms with E-state index >= 15 is 0 Å². The van der Waals surface area contributed by atoms with E-state index < -0.39 is 11.5 Å². The maximum atomic E-state index is 11.9. The molecule has 17 heavy (non-hydrogen) atoms.